The molecule has 172 valence electrons. The highest BCUT2D eigenvalue weighted by atomic mass is 32.2. The number of anilines is 1. The van der Waals surface area contributed by atoms with Crippen LogP contribution in [0.4, 0.5) is 5.69 Å². The van der Waals surface area contributed by atoms with E-state index in [1.807, 2.05) is 18.2 Å². The third-order valence-electron chi connectivity index (χ3n) is 4.64. The maximum atomic E-state index is 12.8. The summed E-state index contributed by atoms with van der Waals surface area (Å²) >= 11 is 1.11. The average molecular weight is 487 g/mol. The standard InChI is InChI=1S/C23H22N2O6S2/c1-14(2)18-12-17(30-3)8-5-15(18)7-10-21-24-22(13-32-21)33(28,29)25-19-9-6-16(23(26)27)11-20(19)31-4/h5-6,8-9,11-14,25H,1-4H3,(H,26,27). The second kappa shape index (κ2) is 9.94. The number of carbonyl (C=O) groups is 1. The Balaban J connectivity index is 1.86. The van der Waals surface area contributed by atoms with E-state index in [4.69, 9.17) is 14.6 Å². The van der Waals surface area contributed by atoms with Crippen LogP contribution in [0.15, 0.2) is 46.8 Å². The predicted molar refractivity (Wildman–Crippen MR) is 126 cm³/mol. The van der Waals surface area contributed by atoms with Crippen molar-refractivity contribution in [2.45, 2.75) is 24.8 Å². The van der Waals surface area contributed by atoms with E-state index in [9.17, 15) is 13.2 Å². The molecule has 0 aliphatic rings. The molecular weight excluding hydrogens is 464 g/mol. The first kappa shape index (κ1) is 24.1. The number of hydrogen-bond donors (Lipinski definition) is 2. The maximum Gasteiger partial charge on any atom is 0.335 e. The lowest BCUT2D eigenvalue weighted by Crippen LogP contribution is -2.14. The van der Waals surface area contributed by atoms with Crippen molar-refractivity contribution < 1.29 is 27.8 Å². The molecule has 0 bridgehead atoms. The number of nitrogens with zero attached hydrogens (tertiary/aromatic N) is 1. The molecule has 33 heavy (non-hydrogen) atoms. The highest BCUT2D eigenvalue weighted by Gasteiger charge is 2.21. The van der Waals surface area contributed by atoms with Gasteiger partial charge in [-0.25, -0.2) is 9.78 Å². The highest BCUT2D eigenvalue weighted by Crippen LogP contribution is 2.29. The molecule has 1 aromatic heterocycles. The van der Waals surface area contributed by atoms with Gasteiger partial charge in [-0.2, -0.15) is 8.42 Å². The fourth-order valence-corrected chi connectivity index (χ4v) is 4.93. The van der Waals surface area contributed by atoms with Crippen molar-refractivity contribution in [3.05, 3.63) is 63.5 Å². The van der Waals surface area contributed by atoms with Gasteiger partial charge in [0.1, 0.15) is 11.5 Å². The van der Waals surface area contributed by atoms with Crippen LogP contribution in [0.3, 0.4) is 0 Å². The zero-order chi connectivity index (χ0) is 24.2. The molecule has 0 fully saturated rings. The van der Waals surface area contributed by atoms with E-state index >= 15 is 0 Å². The molecule has 0 radical (unpaired) electrons. The summed E-state index contributed by atoms with van der Waals surface area (Å²) in [5.74, 6) is 5.88. The van der Waals surface area contributed by atoms with Crippen molar-refractivity contribution >= 4 is 33.0 Å². The first-order valence-electron chi connectivity index (χ1n) is 9.74. The van der Waals surface area contributed by atoms with Crippen molar-refractivity contribution in [3.63, 3.8) is 0 Å². The molecule has 0 atom stereocenters. The number of carboxylic acid groups (broad SMARTS) is 1. The van der Waals surface area contributed by atoms with Gasteiger partial charge < -0.3 is 14.6 Å². The lowest BCUT2D eigenvalue weighted by atomic mass is 9.97. The van der Waals surface area contributed by atoms with Crippen LogP contribution in [0.2, 0.25) is 0 Å². The molecule has 0 saturated heterocycles. The largest absolute Gasteiger partial charge is 0.497 e. The van der Waals surface area contributed by atoms with Crippen LogP contribution in [-0.4, -0.2) is 38.7 Å². The molecule has 0 amide bonds. The van der Waals surface area contributed by atoms with Crippen molar-refractivity contribution in [3.8, 4) is 23.3 Å². The summed E-state index contributed by atoms with van der Waals surface area (Å²) in [6.07, 6.45) is 0. The van der Waals surface area contributed by atoms with E-state index in [2.05, 4.69) is 35.4 Å². The van der Waals surface area contributed by atoms with Crippen LogP contribution in [0.1, 0.15) is 46.3 Å². The number of sulfonamides is 1. The van der Waals surface area contributed by atoms with Crippen LogP contribution in [0.25, 0.3) is 0 Å². The lowest BCUT2D eigenvalue weighted by molar-refractivity contribution is 0.0696. The summed E-state index contributed by atoms with van der Waals surface area (Å²) in [6, 6.07) is 9.45. The number of ether oxygens (including phenoxy) is 2. The summed E-state index contributed by atoms with van der Waals surface area (Å²) < 4.78 is 38.4. The maximum absolute atomic E-state index is 12.8. The summed E-state index contributed by atoms with van der Waals surface area (Å²) in [7, 11) is -1.11. The van der Waals surface area contributed by atoms with E-state index in [-0.39, 0.29) is 27.9 Å². The molecule has 0 aliphatic carbocycles. The van der Waals surface area contributed by atoms with Crippen LogP contribution >= 0.6 is 11.3 Å². The van der Waals surface area contributed by atoms with Gasteiger partial charge in [0.2, 0.25) is 0 Å². The Hall–Kier alpha value is -3.55. The molecule has 8 nitrogen and oxygen atoms in total. The summed E-state index contributed by atoms with van der Waals surface area (Å²) in [6.45, 7) is 4.11. The van der Waals surface area contributed by atoms with E-state index in [1.165, 1.54) is 30.7 Å². The van der Waals surface area contributed by atoms with Crippen LogP contribution < -0.4 is 14.2 Å². The average Bonchev–Trinajstić information content (AvgIpc) is 3.27. The zero-order valence-electron chi connectivity index (χ0n) is 18.4. The number of rotatable bonds is 7. The summed E-state index contributed by atoms with van der Waals surface area (Å²) in [4.78, 5) is 15.3. The first-order chi connectivity index (χ1) is 15.6. The molecule has 0 aliphatic heterocycles. The van der Waals surface area contributed by atoms with Gasteiger partial charge >= 0.3 is 5.97 Å². The molecular formula is C23H22N2O6S2. The third kappa shape index (κ3) is 5.63. The monoisotopic (exact) mass is 486 g/mol. The Kier molecular flexibility index (Phi) is 7.26. The quantitative estimate of drug-likeness (QED) is 0.481. The van der Waals surface area contributed by atoms with Crippen LogP contribution in [0, 0.1) is 11.8 Å². The number of nitrogens with one attached hydrogen (secondary N) is 1. The normalized spacial score (nSPS) is 10.9. The Bertz CT molecular complexity index is 1350. The Morgan fingerprint density at radius 2 is 1.88 bits per heavy atom. The van der Waals surface area contributed by atoms with Gasteiger partial charge in [-0.05, 0) is 53.8 Å². The Morgan fingerprint density at radius 1 is 1.12 bits per heavy atom. The number of methoxy groups -OCH3 is 2. The minimum Gasteiger partial charge on any atom is -0.497 e. The molecule has 0 saturated carbocycles. The molecule has 0 unspecified atom stereocenters. The molecule has 0 spiro atoms. The molecule has 3 rings (SSSR count). The third-order valence-corrected chi connectivity index (χ3v) is 6.79. The van der Waals surface area contributed by atoms with E-state index in [0.29, 0.717) is 5.01 Å². The number of aromatic carboxylic acids is 1. The molecule has 3 aromatic rings. The fourth-order valence-electron chi connectivity index (χ4n) is 2.93. The van der Waals surface area contributed by atoms with Crippen molar-refractivity contribution in [1.29, 1.82) is 0 Å². The number of thiazole rings is 1. The first-order valence-corrected chi connectivity index (χ1v) is 12.1. The van der Waals surface area contributed by atoms with Crippen LogP contribution in [-0.2, 0) is 10.0 Å². The van der Waals surface area contributed by atoms with E-state index < -0.39 is 16.0 Å². The zero-order valence-corrected chi connectivity index (χ0v) is 20.0. The van der Waals surface area contributed by atoms with Crippen LogP contribution in [0.5, 0.6) is 11.5 Å². The second-order valence-corrected chi connectivity index (χ2v) is 9.66. The highest BCUT2D eigenvalue weighted by molar-refractivity contribution is 7.92. The van der Waals surface area contributed by atoms with E-state index in [1.54, 1.807) is 7.11 Å². The minimum atomic E-state index is -4.03. The Morgan fingerprint density at radius 3 is 2.52 bits per heavy atom. The molecule has 2 aromatic carbocycles. The SMILES string of the molecule is COc1ccc(C#Cc2nc(S(=O)(=O)Nc3ccc(C(=O)O)cc3OC)cs2)c(C(C)C)c1. The molecule has 2 N–H and O–H groups in total. The van der Waals surface area contributed by atoms with Gasteiger partial charge in [0, 0.05) is 10.9 Å². The Labute approximate surface area is 196 Å². The summed E-state index contributed by atoms with van der Waals surface area (Å²) in [5, 5.41) is 10.6. The van der Waals surface area contributed by atoms with Gasteiger partial charge in [-0.3, -0.25) is 4.72 Å². The summed E-state index contributed by atoms with van der Waals surface area (Å²) in [5.41, 5.74) is 1.90. The van der Waals surface area contributed by atoms with Crippen molar-refractivity contribution in [2.75, 3.05) is 18.9 Å². The van der Waals surface area contributed by atoms with Gasteiger partial charge in [0.15, 0.2) is 10.0 Å². The number of aromatic nitrogens is 1. The number of benzene rings is 2. The predicted octanol–water partition coefficient (Wildman–Crippen LogP) is 4.18. The second-order valence-electron chi connectivity index (χ2n) is 7.17. The molecule has 10 heteroatoms. The smallest absolute Gasteiger partial charge is 0.335 e. The van der Waals surface area contributed by atoms with Gasteiger partial charge in [-0.1, -0.05) is 19.8 Å². The van der Waals surface area contributed by atoms with E-state index in [0.717, 1.165) is 28.2 Å². The number of hydrogen-bond acceptors (Lipinski definition) is 7. The van der Waals surface area contributed by atoms with Crippen molar-refractivity contribution in [2.24, 2.45) is 0 Å². The van der Waals surface area contributed by atoms with Crippen molar-refractivity contribution in [1.82, 2.24) is 4.98 Å². The topological polar surface area (TPSA) is 115 Å². The van der Waals surface area contributed by atoms with Gasteiger partial charge in [0.25, 0.3) is 10.0 Å². The molecule has 1 heterocycles. The number of carboxylic acids is 1. The minimum absolute atomic E-state index is 0.0275. The van der Waals surface area contributed by atoms with Gasteiger partial charge in [-0.15, -0.1) is 11.3 Å². The lowest BCUT2D eigenvalue weighted by Gasteiger charge is -2.11. The fraction of sp³-hybridized carbons (Fsp3) is 0.217. The van der Waals surface area contributed by atoms with Gasteiger partial charge in [0.05, 0.1) is 25.5 Å².